The molecule has 0 aliphatic heterocycles. The van der Waals surface area contributed by atoms with E-state index >= 15 is 0 Å². The molecular weight excluding hydrogens is 340 g/mol. The molecule has 2 aromatic rings. The summed E-state index contributed by atoms with van der Waals surface area (Å²) >= 11 is 0. The Bertz CT molecular complexity index is 853. The number of nitrogens with one attached hydrogen (secondary N) is 2. The molecule has 0 radical (unpaired) electrons. The summed E-state index contributed by atoms with van der Waals surface area (Å²) in [6.07, 6.45) is 0. The molecule has 7 heteroatoms. The van der Waals surface area contributed by atoms with E-state index in [0.29, 0.717) is 17.0 Å². The highest BCUT2D eigenvalue weighted by Crippen LogP contribution is 2.21. The molecule has 134 valence electrons. The van der Waals surface area contributed by atoms with Crippen LogP contribution in [0.1, 0.15) is 31.1 Å². The third kappa shape index (κ3) is 5.22. The fourth-order valence-electron chi connectivity index (χ4n) is 2.10. The van der Waals surface area contributed by atoms with Crippen LogP contribution < -0.4 is 14.8 Å². The van der Waals surface area contributed by atoms with E-state index in [0.717, 1.165) is 0 Å². The number of hydrogen-bond acceptors (Lipinski definition) is 4. The Morgan fingerprint density at radius 1 is 1.04 bits per heavy atom. The monoisotopic (exact) mass is 362 g/mol. The first kappa shape index (κ1) is 18.8. The van der Waals surface area contributed by atoms with Gasteiger partial charge >= 0.3 is 0 Å². The lowest BCUT2D eigenvalue weighted by Gasteiger charge is -2.20. The van der Waals surface area contributed by atoms with Crippen molar-refractivity contribution in [3.63, 3.8) is 0 Å². The smallest absolute Gasteiger partial charge is 0.261 e. The van der Waals surface area contributed by atoms with Gasteiger partial charge in [-0.1, -0.05) is 6.07 Å². The van der Waals surface area contributed by atoms with Crippen LogP contribution in [0.2, 0.25) is 0 Å². The Morgan fingerprint density at radius 2 is 1.68 bits per heavy atom. The number of benzene rings is 2. The van der Waals surface area contributed by atoms with Crippen LogP contribution >= 0.6 is 0 Å². The van der Waals surface area contributed by atoms with Gasteiger partial charge < -0.3 is 10.1 Å². The first-order valence-corrected chi connectivity index (χ1v) is 9.18. The van der Waals surface area contributed by atoms with Crippen molar-refractivity contribution < 1.29 is 17.9 Å². The van der Waals surface area contributed by atoms with Crippen molar-refractivity contribution in [1.82, 2.24) is 5.32 Å². The number of methoxy groups -OCH3 is 1. The van der Waals surface area contributed by atoms with E-state index in [1.54, 1.807) is 24.3 Å². The van der Waals surface area contributed by atoms with Crippen LogP contribution in [0.5, 0.6) is 5.75 Å². The molecular formula is C18H22N2O4S. The van der Waals surface area contributed by atoms with Gasteiger partial charge in [0, 0.05) is 17.2 Å². The van der Waals surface area contributed by atoms with Crippen molar-refractivity contribution in [3.05, 3.63) is 54.1 Å². The number of carbonyl (C=O) groups is 1. The van der Waals surface area contributed by atoms with Gasteiger partial charge in [0.25, 0.3) is 15.9 Å². The van der Waals surface area contributed by atoms with Gasteiger partial charge in [-0.25, -0.2) is 8.42 Å². The molecule has 0 bridgehead atoms. The van der Waals surface area contributed by atoms with Crippen LogP contribution in [0.3, 0.4) is 0 Å². The summed E-state index contributed by atoms with van der Waals surface area (Å²) in [4.78, 5) is 12.2. The van der Waals surface area contributed by atoms with Gasteiger partial charge in [0.2, 0.25) is 0 Å². The zero-order valence-electron chi connectivity index (χ0n) is 14.7. The predicted octanol–water partition coefficient (Wildman–Crippen LogP) is 3.02. The number of amides is 1. The summed E-state index contributed by atoms with van der Waals surface area (Å²) in [5.41, 5.74) is 0.430. The van der Waals surface area contributed by atoms with Gasteiger partial charge in [-0.15, -0.1) is 0 Å². The topological polar surface area (TPSA) is 84.5 Å². The molecule has 0 unspecified atom stereocenters. The average molecular weight is 362 g/mol. The number of hydrogen-bond donors (Lipinski definition) is 2. The SMILES string of the molecule is COc1cccc(NS(=O)(=O)c2ccc(C(=O)NC(C)(C)C)cc2)c1. The van der Waals surface area contributed by atoms with E-state index in [-0.39, 0.29) is 16.3 Å². The van der Waals surface area contributed by atoms with Gasteiger partial charge in [-0.05, 0) is 57.2 Å². The minimum atomic E-state index is -3.75. The first-order chi connectivity index (χ1) is 11.6. The molecule has 0 aromatic heterocycles. The van der Waals surface area contributed by atoms with Crippen LogP contribution in [0, 0.1) is 0 Å². The molecule has 0 saturated heterocycles. The van der Waals surface area contributed by atoms with Crippen molar-refractivity contribution in [1.29, 1.82) is 0 Å². The highest BCUT2D eigenvalue weighted by Gasteiger charge is 2.18. The lowest BCUT2D eigenvalue weighted by molar-refractivity contribution is 0.0919. The van der Waals surface area contributed by atoms with Crippen LogP contribution in [0.4, 0.5) is 5.69 Å². The van der Waals surface area contributed by atoms with E-state index in [1.165, 1.54) is 31.4 Å². The maximum atomic E-state index is 12.5. The third-order valence-corrected chi connectivity index (χ3v) is 4.63. The Kier molecular flexibility index (Phi) is 5.37. The molecule has 2 N–H and O–H groups in total. The second-order valence-electron chi connectivity index (χ2n) is 6.57. The van der Waals surface area contributed by atoms with E-state index < -0.39 is 10.0 Å². The largest absolute Gasteiger partial charge is 0.497 e. The molecule has 0 fully saturated rings. The van der Waals surface area contributed by atoms with Gasteiger partial charge in [0.05, 0.1) is 17.7 Å². The summed E-state index contributed by atoms with van der Waals surface area (Å²) in [6.45, 7) is 5.63. The molecule has 0 aliphatic rings. The van der Waals surface area contributed by atoms with E-state index in [1.807, 2.05) is 20.8 Å². The summed E-state index contributed by atoms with van der Waals surface area (Å²) in [7, 11) is -2.24. The summed E-state index contributed by atoms with van der Waals surface area (Å²) in [5.74, 6) is 0.298. The zero-order valence-corrected chi connectivity index (χ0v) is 15.5. The maximum Gasteiger partial charge on any atom is 0.261 e. The van der Waals surface area contributed by atoms with E-state index in [9.17, 15) is 13.2 Å². The van der Waals surface area contributed by atoms with Gasteiger partial charge in [0.15, 0.2) is 0 Å². The normalized spacial score (nSPS) is 11.7. The van der Waals surface area contributed by atoms with Crippen LogP contribution in [0.25, 0.3) is 0 Å². The van der Waals surface area contributed by atoms with Crippen molar-refractivity contribution in [2.24, 2.45) is 0 Å². The molecule has 1 amide bonds. The van der Waals surface area contributed by atoms with Crippen molar-refractivity contribution in [2.45, 2.75) is 31.2 Å². The molecule has 2 aromatic carbocycles. The minimum absolute atomic E-state index is 0.0719. The first-order valence-electron chi connectivity index (χ1n) is 7.70. The summed E-state index contributed by atoms with van der Waals surface area (Å²) in [5, 5.41) is 2.83. The highest BCUT2D eigenvalue weighted by atomic mass is 32.2. The number of sulfonamides is 1. The lowest BCUT2D eigenvalue weighted by atomic mass is 10.1. The molecule has 0 spiro atoms. The third-order valence-electron chi connectivity index (χ3n) is 3.24. The Labute approximate surface area is 148 Å². The number of carbonyl (C=O) groups excluding carboxylic acids is 1. The quantitative estimate of drug-likeness (QED) is 0.856. The molecule has 0 heterocycles. The van der Waals surface area contributed by atoms with Gasteiger partial charge in [0.1, 0.15) is 5.75 Å². The Morgan fingerprint density at radius 3 is 2.24 bits per heavy atom. The second kappa shape index (κ2) is 7.14. The number of rotatable bonds is 5. The molecule has 6 nitrogen and oxygen atoms in total. The number of anilines is 1. The Hall–Kier alpha value is -2.54. The molecule has 0 aliphatic carbocycles. The minimum Gasteiger partial charge on any atom is -0.497 e. The summed E-state index contributed by atoms with van der Waals surface area (Å²) < 4.78 is 32.5. The maximum absolute atomic E-state index is 12.5. The van der Waals surface area contributed by atoms with E-state index in [2.05, 4.69) is 10.0 Å². The number of ether oxygens (including phenoxy) is 1. The lowest BCUT2D eigenvalue weighted by Crippen LogP contribution is -2.40. The average Bonchev–Trinajstić information content (AvgIpc) is 2.53. The van der Waals surface area contributed by atoms with Crippen LogP contribution in [-0.2, 0) is 10.0 Å². The molecule has 0 atom stereocenters. The molecule has 2 rings (SSSR count). The van der Waals surface area contributed by atoms with Crippen molar-refractivity contribution >= 4 is 21.6 Å². The highest BCUT2D eigenvalue weighted by molar-refractivity contribution is 7.92. The fourth-order valence-corrected chi connectivity index (χ4v) is 3.15. The summed E-state index contributed by atoms with van der Waals surface area (Å²) in [6, 6.07) is 12.4. The standard InChI is InChI=1S/C18H22N2O4S/c1-18(2,3)19-17(21)13-8-10-16(11-9-13)25(22,23)20-14-6-5-7-15(12-14)24-4/h5-12,20H,1-4H3,(H,19,21). The molecule has 0 saturated carbocycles. The van der Waals surface area contributed by atoms with Crippen LogP contribution in [-0.4, -0.2) is 27.0 Å². The zero-order chi connectivity index (χ0) is 18.7. The van der Waals surface area contributed by atoms with Crippen molar-refractivity contribution in [2.75, 3.05) is 11.8 Å². The molecule has 25 heavy (non-hydrogen) atoms. The van der Waals surface area contributed by atoms with Gasteiger partial charge in [-0.3, -0.25) is 9.52 Å². The second-order valence-corrected chi connectivity index (χ2v) is 8.25. The van der Waals surface area contributed by atoms with Gasteiger partial charge in [-0.2, -0.15) is 0 Å². The van der Waals surface area contributed by atoms with E-state index in [4.69, 9.17) is 4.74 Å². The Balaban J connectivity index is 2.18. The predicted molar refractivity (Wildman–Crippen MR) is 97.5 cm³/mol. The fraction of sp³-hybridized carbons (Fsp3) is 0.278. The van der Waals surface area contributed by atoms with Crippen LogP contribution in [0.15, 0.2) is 53.4 Å². The van der Waals surface area contributed by atoms with Crippen molar-refractivity contribution in [3.8, 4) is 5.75 Å².